The molecule has 1 aromatic carbocycles. The van der Waals surface area contributed by atoms with Gasteiger partial charge in [0.2, 0.25) is 5.91 Å². The topological polar surface area (TPSA) is 49.6 Å². The standard InChI is InChI=1S/C15H16FN3O2/c1-11(20)18-6-8-19(9-7-18)15-17-10-14(21-15)12-2-4-13(16)5-3-12/h2-5,10H,6-9H2,1H3. The first-order valence-corrected chi connectivity index (χ1v) is 6.86. The van der Waals surface area contributed by atoms with E-state index in [0.29, 0.717) is 38.0 Å². The van der Waals surface area contributed by atoms with E-state index >= 15 is 0 Å². The second-order valence-corrected chi connectivity index (χ2v) is 5.01. The molecule has 0 atom stereocenters. The average molecular weight is 289 g/mol. The zero-order valence-corrected chi connectivity index (χ0v) is 11.8. The van der Waals surface area contributed by atoms with Crippen molar-refractivity contribution in [1.29, 1.82) is 0 Å². The van der Waals surface area contributed by atoms with Gasteiger partial charge in [-0.3, -0.25) is 4.79 Å². The fraction of sp³-hybridized carbons (Fsp3) is 0.333. The summed E-state index contributed by atoms with van der Waals surface area (Å²) in [5.41, 5.74) is 0.789. The van der Waals surface area contributed by atoms with Crippen molar-refractivity contribution in [2.24, 2.45) is 0 Å². The minimum absolute atomic E-state index is 0.0917. The molecular weight excluding hydrogens is 273 g/mol. The van der Waals surface area contributed by atoms with Crippen molar-refractivity contribution in [3.8, 4) is 11.3 Å². The lowest BCUT2D eigenvalue weighted by molar-refractivity contribution is -0.129. The third kappa shape index (κ3) is 2.89. The highest BCUT2D eigenvalue weighted by Crippen LogP contribution is 2.25. The van der Waals surface area contributed by atoms with Gasteiger partial charge in [0, 0.05) is 38.7 Å². The van der Waals surface area contributed by atoms with Crippen LogP contribution in [0.25, 0.3) is 11.3 Å². The second-order valence-electron chi connectivity index (χ2n) is 5.01. The van der Waals surface area contributed by atoms with Crippen molar-refractivity contribution in [2.45, 2.75) is 6.92 Å². The Kier molecular flexibility index (Phi) is 3.60. The largest absolute Gasteiger partial charge is 0.423 e. The van der Waals surface area contributed by atoms with Crippen molar-refractivity contribution >= 4 is 11.9 Å². The molecule has 3 rings (SSSR count). The molecule has 1 aliphatic heterocycles. The normalized spacial score (nSPS) is 15.3. The number of amides is 1. The molecule has 2 heterocycles. The summed E-state index contributed by atoms with van der Waals surface area (Å²) < 4.78 is 18.6. The molecule has 110 valence electrons. The molecule has 6 heteroatoms. The second kappa shape index (κ2) is 5.55. The summed E-state index contributed by atoms with van der Waals surface area (Å²) in [7, 11) is 0. The summed E-state index contributed by atoms with van der Waals surface area (Å²) in [6, 6.07) is 6.64. The lowest BCUT2D eigenvalue weighted by Crippen LogP contribution is -2.48. The van der Waals surface area contributed by atoms with Gasteiger partial charge in [0.05, 0.1) is 6.20 Å². The number of halogens is 1. The van der Waals surface area contributed by atoms with Crippen LogP contribution < -0.4 is 4.90 Å². The number of anilines is 1. The van der Waals surface area contributed by atoms with Gasteiger partial charge >= 0.3 is 0 Å². The number of piperazine rings is 1. The molecule has 0 bridgehead atoms. The van der Waals surface area contributed by atoms with Crippen molar-refractivity contribution in [2.75, 3.05) is 31.1 Å². The highest BCUT2D eigenvalue weighted by Gasteiger charge is 2.22. The van der Waals surface area contributed by atoms with Gasteiger partial charge in [0.15, 0.2) is 5.76 Å². The Morgan fingerprint density at radius 2 is 1.86 bits per heavy atom. The number of hydrogen-bond donors (Lipinski definition) is 0. The minimum atomic E-state index is -0.279. The lowest BCUT2D eigenvalue weighted by Gasteiger charge is -2.33. The molecule has 0 saturated carbocycles. The molecule has 1 fully saturated rings. The van der Waals surface area contributed by atoms with Crippen LogP contribution >= 0.6 is 0 Å². The summed E-state index contributed by atoms with van der Waals surface area (Å²) in [5.74, 6) is 0.423. The van der Waals surface area contributed by atoms with Crippen molar-refractivity contribution in [1.82, 2.24) is 9.88 Å². The fourth-order valence-electron chi connectivity index (χ4n) is 2.37. The van der Waals surface area contributed by atoms with Crippen LogP contribution in [0.3, 0.4) is 0 Å². The van der Waals surface area contributed by atoms with E-state index in [2.05, 4.69) is 4.98 Å². The first-order chi connectivity index (χ1) is 10.1. The number of rotatable bonds is 2. The van der Waals surface area contributed by atoms with Gasteiger partial charge < -0.3 is 14.2 Å². The number of nitrogens with zero attached hydrogens (tertiary/aromatic N) is 3. The number of benzene rings is 1. The van der Waals surface area contributed by atoms with Crippen LogP contribution in [0.4, 0.5) is 10.4 Å². The van der Waals surface area contributed by atoms with E-state index in [1.165, 1.54) is 12.1 Å². The third-order valence-electron chi connectivity index (χ3n) is 3.62. The van der Waals surface area contributed by atoms with E-state index in [1.54, 1.807) is 30.2 Å². The van der Waals surface area contributed by atoms with Gasteiger partial charge in [0.25, 0.3) is 6.01 Å². The fourth-order valence-corrected chi connectivity index (χ4v) is 2.37. The van der Waals surface area contributed by atoms with E-state index in [1.807, 2.05) is 4.90 Å². The van der Waals surface area contributed by atoms with Crippen molar-refractivity contribution in [3.05, 3.63) is 36.3 Å². The Bertz CT molecular complexity index is 631. The monoisotopic (exact) mass is 289 g/mol. The summed E-state index contributed by atoms with van der Waals surface area (Å²) in [4.78, 5) is 19.4. The molecule has 21 heavy (non-hydrogen) atoms. The molecule has 1 amide bonds. The summed E-state index contributed by atoms with van der Waals surface area (Å²) in [6.45, 7) is 4.31. The van der Waals surface area contributed by atoms with Gasteiger partial charge in [-0.25, -0.2) is 9.37 Å². The van der Waals surface area contributed by atoms with Crippen LogP contribution in [0.1, 0.15) is 6.92 Å². The average Bonchev–Trinajstić information content (AvgIpc) is 2.98. The minimum Gasteiger partial charge on any atom is -0.423 e. The van der Waals surface area contributed by atoms with Crippen LogP contribution in [0.15, 0.2) is 34.9 Å². The summed E-state index contributed by atoms with van der Waals surface area (Å²) in [5, 5.41) is 0. The van der Waals surface area contributed by atoms with E-state index in [9.17, 15) is 9.18 Å². The molecule has 2 aromatic rings. The maximum Gasteiger partial charge on any atom is 0.297 e. The smallest absolute Gasteiger partial charge is 0.297 e. The van der Waals surface area contributed by atoms with Crippen LogP contribution in [0.2, 0.25) is 0 Å². The van der Waals surface area contributed by atoms with Gasteiger partial charge in [0.1, 0.15) is 5.82 Å². The van der Waals surface area contributed by atoms with Crippen molar-refractivity contribution in [3.63, 3.8) is 0 Å². The molecule has 0 unspecified atom stereocenters. The molecule has 1 aromatic heterocycles. The molecule has 5 nitrogen and oxygen atoms in total. The molecule has 0 aliphatic carbocycles. The van der Waals surface area contributed by atoms with Crippen LogP contribution in [-0.4, -0.2) is 42.0 Å². The Hall–Kier alpha value is -2.37. The SMILES string of the molecule is CC(=O)N1CCN(c2ncc(-c3ccc(F)cc3)o2)CC1. The van der Waals surface area contributed by atoms with E-state index in [0.717, 1.165) is 5.56 Å². The lowest BCUT2D eigenvalue weighted by atomic mass is 10.2. The third-order valence-corrected chi connectivity index (χ3v) is 3.62. The molecule has 1 saturated heterocycles. The number of hydrogen-bond acceptors (Lipinski definition) is 4. The quantitative estimate of drug-likeness (QED) is 0.850. The predicted octanol–water partition coefficient (Wildman–Crippen LogP) is 2.15. The summed E-state index contributed by atoms with van der Waals surface area (Å²) >= 11 is 0. The Morgan fingerprint density at radius 3 is 2.48 bits per heavy atom. The van der Waals surface area contributed by atoms with E-state index in [-0.39, 0.29) is 11.7 Å². The predicted molar refractivity (Wildman–Crippen MR) is 76.4 cm³/mol. The van der Waals surface area contributed by atoms with E-state index < -0.39 is 0 Å². The number of aromatic nitrogens is 1. The molecule has 0 radical (unpaired) electrons. The van der Waals surface area contributed by atoms with Gasteiger partial charge in [-0.05, 0) is 24.3 Å². The molecular formula is C15H16FN3O2. The van der Waals surface area contributed by atoms with E-state index in [4.69, 9.17) is 4.42 Å². The Morgan fingerprint density at radius 1 is 1.19 bits per heavy atom. The number of carbonyl (C=O) groups excluding carboxylic acids is 1. The highest BCUT2D eigenvalue weighted by molar-refractivity contribution is 5.73. The number of carbonyl (C=O) groups is 1. The zero-order chi connectivity index (χ0) is 14.8. The Labute approximate surface area is 122 Å². The maximum absolute atomic E-state index is 12.9. The van der Waals surface area contributed by atoms with Crippen LogP contribution in [0.5, 0.6) is 0 Å². The van der Waals surface area contributed by atoms with Crippen molar-refractivity contribution < 1.29 is 13.6 Å². The molecule has 0 N–H and O–H groups in total. The highest BCUT2D eigenvalue weighted by atomic mass is 19.1. The number of oxazole rings is 1. The van der Waals surface area contributed by atoms with Crippen LogP contribution in [0, 0.1) is 5.82 Å². The molecule has 0 spiro atoms. The Balaban J connectivity index is 1.71. The van der Waals surface area contributed by atoms with Crippen LogP contribution in [-0.2, 0) is 4.79 Å². The first kappa shape index (κ1) is 13.6. The van der Waals surface area contributed by atoms with Gasteiger partial charge in [-0.2, -0.15) is 0 Å². The zero-order valence-electron chi connectivity index (χ0n) is 11.8. The summed E-state index contributed by atoms with van der Waals surface area (Å²) in [6.07, 6.45) is 1.64. The maximum atomic E-state index is 12.9. The first-order valence-electron chi connectivity index (χ1n) is 6.86. The molecule has 1 aliphatic rings. The van der Waals surface area contributed by atoms with Gasteiger partial charge in [-0.1, -0.05) is 0 Å². The van der Waals surface area contributed by atoms with Gasteiger partial charge in [-0.15, -0.1) is 0 Å².